The third kappa shape index (κ3) is 4.76. The molecule has 0 atom stereocenters. The normalized spacial score (nSPS) is 10.6. The Morgan fingerprint density at radius 1 is 1.00 bits per heavy atom. The number of nitrogens with one attached hydrogen (secondary N) is 2. The summed E-state index contributed by atoms with van der Waals surface area (Å²) in [5.74, 6) is -0.0274. The van der Waals surface area contributed by atoms with Gasteiger partial charge in [0.25, 0.3) is 0 Å². The van der Waals surface area contributed by atoms with E-state index in [1.807, 2.05) is 30.3 Å². The van der Waals surface area contributed by atoms with Crippen LogP contribution in [0.4, 0.5) is 17.1 Å². The number of carbonyl (C=O) groups excluding carboxylic acids is 1. The lowest BCUT2D eigenvalue weighted by Crippen LogP contribution is -2.21. The molecule has 0 radical (unpaired) electrons. The van der Waals surface area contributed by atoms with Gasteiger partial charge in [-0.15, -0.1) is 0 Å². The molecular weight excluding hydrogens is 336 g/mol. The Morgan fingerprint density at radius 2 is 1.74 bits per heavy atom. The van der Waals surface area contributed by atoms with E-state index in [-0.39, 0.29) is 5.91 Å². The van der Waals surface area contributed by atoms with Gasteiger partial charge in [0.15, 0.2) is 0 Å². The van der Waals surface area contributed by atoms with E-state index in [1.165, 1.54) is 5.69 Å². The van der Waals surface area contributed by atoms with Crippen LogP contribution in [0.25, 0.3) is 10.9 Å². The van der Waals surface area contributed by atoms with Crippen LogP contribution in [0.5, 0.6) is 0 Å². The molecule has 27 heavy (non-hydrogen) atoms. The predicted molar refractivity (Wildman–Crippen MR) is 113 cm³/mol. The second kappa shape index (κ2) is 9.03. The Hall–Kier alpha value is -3.08. The summed E-state index contributed by atoms with van der Waals surface area (Å²) < 4.78 is 0. The first-order chi connectivity index (χ1) is 13.2. The zero-order valence-corrected chi connectivity index (χ0v) is 15.9. The summed E-state index contributed by atoms with van der Waals surface area (Å²) in [5, 5.41) is 7.28. The fraction of sp³-hybridized carbons (Fsp3) is 0.273. The number of carbonyl (C=O) groups is 1. The maximum Gasteiger partial charge on any atom is 0.226 e. The van der Waals surface area contributed by atoms with Crippen LogP contribution in [0, 0.1) is 0 Å². The summed E-state index contributed by atoms with van der Waals surface area (Å²) in [7, 11) is 0. The Morgan fingerprint density at radius 3 is 2.48 bits per heavy atom. The molecule has 2 N–H and O–H groups in total. The van der Waals surface area contributed by atoms with Gasteiger partial charge < -0.3 is 15.5 Å². The predicted octanol–water partition coefficient (Wildman–Crippen LogP) is 4.52. The number of amides is 1. The highest BCUT2D eigenvalue weighted by atomic mass is 16.1. The number of hydrogen-bond acceptors (Lipinski definition) is 4. The highest BCUT2D eigenvalue weighted by molar-refractivity contribution is 6.00. The van der Waals surface area contributed by atoms with Gasteiger partial charge in [-0.1, -0.05) is 18.2 Å². The van der Waals surface area contributed by atoms with E-state index in [2.05, 4.69) is 58.6 Å². The van der Waals surface area contributed by atoms with Crippen molar-refractivity contribution in [3.8, 4) is 0 Å². The van der Waals surface area contributed by atoms with Crippen molar-refractivity contribution in [2.24, 2.45) is 0 Å². The number of pyridine rings is 1. The molecule has 0 saturated heterocycles. The van der Waals surface area contributed by atoms with Gasteiger partial charge in [-0.3, -0.25) is 9.78 Å². The molecule has 5 nitrogen and oxygen atoms in total. The van der Waals surface area contributed by atoms with Crippen molar-refractivity contribution in [1.29, 1.82) is 0 Å². The molecule has 1 heterocycles. The number of rotatable bonds is 8. The molecule has 140 valence electrons. The standard InChI is InChI=1S/C22H26N4O/c1-3-26(4-2)19-12-10-18(11-13-19)23-16-14-21(27)25-20-9-5-7-17-8-6-15-24-22(17)20/h5-13,15,23H,3-4,14,16H2,1-2H3,(H,25,27). The van der Waals surface area contributed by atoms with Crippen LogP contribution in [0.3, 0.4) is 0 Å². The van der Waals surface area contributed by atoms with Crippen LogP contribution in [0.2, 0.25) is 0 Å². The van der Waals surface area contributed by atoms with Gasteiger partial charge in [-0.05, 0) is 50.2 Å². The first kappa shape index (κ1) is 18.7. The maximum absolute atomic E-state index is 12.3. The second-order valence-electron chi connectivity index (χ2n) is 6.32. The average Bonchev–Trinajstić information content (AvgIpc) is 2.70. The molecular formula is C22H26N4O. The fourth-order valence-electron chi connectivity index (χ4n) is 3.12. The van der Waals surface area contributed by atoms with Crippen molar-refractivity contribution in [1.82, 2.24) is 4.98 Å². The van der Waals surface area contributed by atoms with Gasteiger partial charge in [0.1, 0.15) is 0 Å². The molecule has 0 aliphatic carbocycles. The van der Waals surface area contributed by atoms with Crippen LogP contribution in [-0.4, -0.2) is 30.5 Å². The largest absolute Gasteiger partial charge is 0.385 e. The van der Waals surface area contributed by atoms with Crippen molar-refractivity contribution in [2.75, 3.05) is 35.2 Å². The number of anilines is 3. The summed E-state index contributed by atoms with van der Waals surface area (Å²) in [6.45, 7) is 6.87. The topological polar surface area (TPSA) is 57.3 Å². The molecule has 2 aromatic carbocycles. The van der Waals surface area contributed by atoms with Gasteiger partial charge >= 0.3 is 0 Å². The van der Waals surface area contributed by atoms with Gasteiger partial charge in [-0.2, -0.15) is 0 Å². The molecule has 0 aliphatic heterocycles. The lowest BCUT2D eigenvalue weighted by Gasteiger charge is -2.21. The van der Waals surface area contributed by atoms with E-state index >= 15 is 0 Å². The first-order valence-electron chi connectivity index (χ1n) is 9.43. The summed E-state index contributed by atoms with van der Waals surface area (Å²) in [4.78, 5) is 18.9. The zero-order chi connectivity index (χ0) is 19.1. The van der Waals surface area contributed by atoms with E-state index in [0.29, 0.717) is 13.0 Å². The highest BCUT2D eigenvalue weighted by Gasteiger charge is 2.07. The molecule has 0 unspecified atom stereocenters. The summed E-state index contributed by atoms with van der Waals surface area (Å²) in [6.07, 6.45) is 2.13. The third-order valence-corrected chi connectivity index (χ3v) is 4.58. The summed E-state index contributed by atoms with van der Waals surface area (Å²) in [6, 6.07) is 18.0. The lowest BCUT2D eigenvalue weighted by molar-refractivity contribution is -0.115. The van der Waals surface area contributed by atoms with Gasteiger partial charge in [0.05, 0.1) is 11.2 Å². The van der Waals surface area contributed by atoms with E-state index < -0.39 is 0 Å². The van der Waals surface area contributed by atoms with Crippen LogP contribution in [-0.2, 0) is 4.79 Å². The van der Waals surface area contributed by atoms with Crippen LogP contribution >= 0.6 is 0 Å². The monoisotopic (exact) mass is 362 g/mol. The molecule has 0 spiro atoms. The number of nitrogens with zero attached hydrogens (tertiary/aromatic N) is 2. The lowest BCUT2D eigenvalue weighted by atomic mass is 10.2. The minimum absolute atomic E-state index is 0.0274. The molecule has 0 bridgehead atoms. The van der Waals surface area contributed by atoms with Crippen LogP contribution < -0.4 is 15.5 Å². The minimum atomic E-state index is -0.0274. The second-order valence-corrected chi connectivity index (χ2v) is 6.32. The maximum atomic E-state index is 12.3. The van der Waals surface area contributed by atoms with Crippen molar-refractivity contribution >= 4 is 33.9 Å². The Kier molecular flexibility index (Phi) is 6.26. The van der Waals surface area contributed by atoms with Crippen LogP contribution in [0.15, 0.2) is 60.8 Å². The summed E-state index contributed by atoms with van der Waals surface area (Å²) >= 11 is 0. The number of benzene rings is 2. The van der Waals surface area contributed by atoms with E-state index in [9.17, 15) is 4.79 Å². The van der Waals surface area contributed by atoms with Crippen LogP contribution in [0.1, 0.15) is 20.3 Å². The Balaban J connectivity index is 1.52. The van der Waals surface area contributed by atoms with Crippen molar-refractivity contribution < 1.29 is 4.79 Å². The average molecular weight is 362 g/mol. The van der Waals surface area contributed by atoms with E-state index in [0.717, 1.165) is 35.4 Å². The zero-order valence-electron chi connectivity index (χ0n) is 15.9. The van der Waals surface area contributed by atoms with Gasteiger partial charge in [-0.25, -0.2) is 0 Å². The van der Waals surface area contributed by atoms with Crippen molar-refractivity contribution in [3.05, 3.63) is 60.8 Å². The number of aromatic nitrogens is 1. The molecule has 1 aromatic heterocycles. The summed E-state index contributed by atoms with van der Waals surface area (Å²) in [5.41, 5.74) is 3.80. The molecule has 0 aliphatic rings. The number of hydrogen-bond donors (Lipinski definition) is 2. The SMILES string of the molecule is CCN(CC)c1ccc(NCCC(=O)Nc2cccc3cccnc23)cc1. The van der Waals surface area contributed by atoms with E-state index in [1.54, 1.807) is 6.20 Å². The number of para-hydroxylation sites is 1. The fourth-order valence-corrected chi connectivity index (χ4v) is 3.12. The molecule has 3 rings (SSSR count). The molecule has 3 aromatic rings. The first-order valence-corrected chi connectivity index (χ1v) is 9.43. The molecule has 0 saturated carbocycles. The Labute approximate surface area is 160 Å². The van der Waals surface area contributed by atoms with E-state index in [4.69, 9.17) is 0 Å². The quantitative estimate of drug-likeness (QED) is 0.618. The Bertz CT molecular complexity index is 883. The van der Waals surface area contributed by atoms with Crippen molar-refractivity contribution in [3.63, 3.8) is 0 Å². The van der Waals surface area contributed by atoms with Crippen molar-refractivity contribution in [2.45, 2.75) is 20.3 Å². The van der Waals surface area contributed by atoms with Gasteiger partial charge in [0, 0.05) is 49.0 Å². The number of fused-ring (bicyclic) bond motifs is 1. The molecule has 1 amide bonds. The highest BCUT2D eigenvalue weighted by Crippen LogP contribution is 2.21. The molecule has 0 fully saturated rings. The minimum Gasteiger partial charge on any atom is -0.385 e. The van der Waals surface area contributed by atoms with Gasteiger partial charge in [0.2, 0.25) is 5.91 Å². The smallest absolute Gasteiger partial charge is 0.226 e. The molecule has 5 heteroatoms. The third-order valence-electron chi connectivity index (χ3n) is 4.58.